The van der Waals surface area contributed by atoms with Gasteiger partial charge in [-0.25, -0.2) is 4.79 Å². The molecule has 3 amide bonds. The maximum atomic E-state index is 11.7. The standard InChI is InChI=1S/C11H17N5O2S/c1-6(9(17)13-10(18)12-2)19-11-15-14-8(16(11)3)7-4-5-7/h6-7H,4-5H2,1-3H3,(H2,12,13,17,18)/t6-/m1/s1. The smallest absolute Gasteiger partial charge is 0.321 e. The Morgan fingerprint density at radius 3 is 2.68 bits per heavy atom. The van der Waals surface area contributed by atoms with Crippen LogP contribution in [0.25, 0.3) is 0 Å². The zero-order valence-corrected chi connectivity index (χ0v) is 12.0. The normalized spacial score (nSPS) is 15.9. The van der Waals surface area contributed by atoms with Crippen LogP contribution >= 0.6 is 11.8 Å². The quantitative estimate of drug-likeness (QED) is 0.791. The molecule has 2 N–H and O–H groups in total. The molecule has 1 aromatic heterocycles. The lowest BCUT2D eigenvalue weighted by atomic mass is 10.4. The molecule has 1 aromatic rings. The highest BCUT2D eigenvalue weighted by atomic mass is 32.2. The van der Waals surface area contributed by atoms with Gasteiger partial charge < -0.3 is 9.88 Å². The van der Waals surface area contributed by atoms with Crippen LogP contribution in [0.2, 0.25) is 0 Å². The second-order valence-electron chi connectivity index (χ2n) is 4.50. The van der Waals surface area contributed by atoms with Crippen LogP contribution < -0.4 is 10.6 Å². The van der Waals surface area contributed by atoms with E-state index in [1.165, 1.54) is 18.8 Å². The first-order valence-electron chi connectivity index (χ1n) is 6.11. The molecule has 1 aliphatic rings. The maximum Gasteiger partial charge on any atom is 0.321 e. The first-order chi connectivity index (χ1) is 9.02. The summed E-state index contributed by atoms with van der Waals surface area (Å²) in [5.74, 6) is 1.14. The number of carbonyl (C=O) groups excluding carboxylic acids is 2. The number of carbonyl (C=O) groups is 2. The average Bonchev–Trinajstić information content (AvgIpc) is 3.16. The second-order valence-corrected chi connectivity index (χ2v) is 5.81. The fourth-order valence-electron chi connectivity index (χ4n) is 1.61. The second kappa shape index (κ2) is 5.60. The summed E-state index contributed by atoms with van der Waals surface area (Å²) in [5.41, 5.74) is 0. The van der Waals surface area contributed by atoms with Crippen molar-refractivity contribution < 1.29 is 9.59 Å². The van der Waals surface area contributed by atoms with Gasteiger partial charge in [0.1, 0.15) is 5.82 Å². The van der Waals surface area contributed by atoms with Gasteiger partial charge in [0.05, 0.1) is 5.25 Å². The van der Waals surface area contributed by atoms with Crippen molar-refractivity contribution in [3.63, 3.8) is 0 Å². The number of hydrogen-bond donors (Lipinski definition) is 2. The number of thioether (sulfide) groups is 1. The molecule has 1 aliphatic carbocycles. The van der Waals surface area contributed by atoms with Gasteiger partial charge in [-0.1, -0.05) is 11.8 Å². The minimum absolute atomic E-state index is 0.347. The van der Waals surface area contributed by atoms with Crippen LogP contribution in [0.15, 0.2) is 5.16 Å². The van der Waals surface area contributed by atoms with Crippen molar-refractivity contribution in [2.75, 3.05) is 7.05 Å². The molecule has 104 valence electrons. The number of nitrogens with zero attached hydrogens (tertiary/aromatic N) is 3. The predicted molar refractivity (Wildman–Crippen MR) is 70.9 cm³/mol. The number of amides is 3. The fourth-order valence-corrected chi connectivity index (χ4v) is 2.44. The van der Waals surface area contributed by atoms with Gasteiger partial charge in [-0.3, -0.25) is 10.1 Å². The largest absolute Gasteiger partial charge is 0.341 e. The molecule has 0 radical (unpaired) electrons. The molecule has 0 aliphatic heterocycles. The lowest BCUT2D eigenvalue weighted by molar-refractivity contribution is -0.119. The monoisotopic (exact) mass is 283 g/mol. The van der Waals surface area contributed by atoms with Crippen molar-refractivity contribution >= 4 is 23.7 Å². The Balaban J connectivity index is 1.96. The molecule has 1 fully saturated rings. The lowest BCUT2D eigenvalue weighted by Crippen LogP contribution is -2.41. The number of nitrogens with one attached hydrogen (secondary N) is 2. The summed E-state index contributed by atoms with van der Waals surface area (Å²) >= 11 is 1.29. The Labute approximate surface area is 115 Å². The molecule has 19 heavy (non-hydrogen) atoms. The summed E-state index contributed by atoms with van der Waals surface area (Å²) in [6.07, 6.45) is 2.31. The number of hydrogen-bond acceptors (Lipinski definition) is 5. The zero-order valence-electron chi connectivity index (χ0n) is 11.1. The Kier molecular flexibility index (Phi) is 4.08. The molecular formula is C11H17N5O2S. The molecule has 2 rings (SSSR count). The Hall–Kier alpha value is -1.57. The molecule has 0 aromatic carbocycles. The van der Waals surface area contributed by atoms with E-state index in [2.05, 4.69) is 20.8 Å². The summed E-state index contributed by atoms with van der Waals surface area (Å²) < 4.78 is 1.92. The van der Waals surface area contributed by atoms with E-state index < -0.39 is 11.3 Å². The van der Waals surface area contributed by atoms with Crippen molar-refractivity contribution in [1.29, 1.82) is 0 Å². The lowest BCUT2D eigenvalue weighted by Gasteiger charge is -2.10. The van der Waals surface area contributed by atoms with E-state index in [4.69, 9.17) is 0 Å². The third-order valence-electron chi connectivity index (χ3n) is 2.93. The predicted octanol–water partition coefficient (Wildman–Crippen LogP) is 0.629. The van der Waals surface area contributed by atoms with Crippen LogP contribution in [0.4, 0.5) is 4.79 Å². The molecule has 0 saturated heterocycles. The summed E-state index contributed by atoms with van der Waals surface area (Å²) in [7, 11) is 3.37. The Bertz CT molecular complexity index is 497. The molecule has 1 atom stereocenters. The van der Waals surface area contributed by atoms with E-state index in [0.717, 1.165) is 18.7 Å². The third-order valence-corrected chi connectivity index (χ3v) is 4.06. The molecule has 1 saturated carbocycles. The van der Waals surface area contributed by atoms with E-state index in [9.17, 15) is 9.59 Å². The Morgan fingerprint density at radius 2 is 2.11 bits per heavy atom. The molecule has 0 spiro atoms. The van der Waals surface area contributed by atoms with Gasteiger partial charge in [0.15, 0.2) is 5.16 Å². The van der Waals surface area contributed by atoms with E-state index in [0.29, 0.717) is 11.1 Å². The highest BCUT2D eigenvalue weighted by Crippen LogP contribution is 2.39. The van der Waals surface area contributed by atoms with Crippen molar-refractivity contribution in [2.24, 2.45) is 7.05 Å². The molecule has 0 bridgehead atoms. The number of urea groups is 1. The van der Waals surface area contributed by atoms with E-state index >= 15 is 0 Å². The minimum atomic E-state index is -0.505. The summed E-state index contributed by atoms with van der Waals surface area (Å²) in [6.45, 7) is 1.73. The fraction of sp³-hybridized carbons (Fsp3) is 0.636. The third kappa shape index (κ3) is 3.25. The summed E-state index contributed by atoms with van der Waals surface area (Å²) in [5, 5.41) is 13.1. The minimum Gasteiger partial charge on any atom is -0.341 e. The van der Waals surface area contributed by atoms with Crippen LogP contribution in [0.3, 0.4) is 0 Å². The van der Waals surface area contributed by atoms with Crippen LogP contribution in [-0.4, -0.2) is 39.0 Å². The van der Waals surface area contributed by atoms with Crippen molar-refractivity contribution in [3.8, 4) is 0 Å². The van der Waals surface area contributed by atoms with Gasteiger partial charge in [-0.05, 0) is 19.8 Å². The van der Waals surface area contributed by atoms with Gasteiger partial charge in [-0.15, -0.1) is 10.2 Å². The van der Waals surface area contributed by atoms with Gasteiger partial charge in [0, 0.05) is 20.0 Å². The zero-order chi connectivity index (χ0) is 14.0. The van der Waals surface area contributed by atoms with E-state index in [1.54, 1.807) is 6.92 Å². The first kappa shape index (κ1) is 13.9. The van der Waals surface area contributed by atoms with Gasteiger partial charge >= 0.3 is 6.03 Å². The van der Waals surface area contributed by atoms with Gasteiger partial charge in [-0.2, -0.15) is 0 Å². The highest BCUT2D eigenvalue weighted by Gasteiger charge is 2.30. The van der Waals surface area contributed by atoms with E-state index in [-0.39, 0.29) is 5.91 Å². The molecule has 7 nitrogen and oxygen atoms in total. The van der Waals surface area contributed by atoms with E-state index in [1.807, 2.05) is 11.6 Å². The summed E-state index contributed by atoms with van der Waals surface area (Å²) in [6, 6.07) is -0.505. The average molecular weight is 283 g/mol. The molecule has 0 unspecified atom stereocenters. The van der Waals surface area contributed by atoms with Crippen LogP contribution in [0.1, 0.15) is 31.5 Å². The van der Waals surface area contributed by atoms with Crippen molar-refractivity contribution in [2.45, 2.75) is 36.1 Å². The van der Waals surface area contributed by atoms with Gasteiger partial charge in [0.2, 0.25) is 5.91 Å². The highest BCUT2D eigenvalue weighted by molar-refractivity contribution is 8.00. The van der Waals surface area contributed by atoms with Crippen LogP contribution in [-0.2, 0) is 11.8 Å². The van der Waals surface area contributed by atoms with Crippen molar-refractivity contribution in [1.82, 2.24) is 25.4 Å². The summed E-state index contributed by atoms with van der Waals surface area (Å²) in [4.78, 5) is 22.8. The topological polar surface area (TPSA) is 88.9 Å². The number of rotatable bonds is 4. The number of aromatic nitrogens is 3. The first-order valence-corrected chi connectivity index (χ1v) is 6.99. The van der Waals surface area contributed by atoms with Gasteiger partial charge in [0.25, 0.3) is 0 Å². The number of imide groups is 1. The molecular weight excluding hydrogens is 266 g/mol. The van der Waals surface area contributed by atoms with Crippen LogP contribution in [0, 0.1) is 0 Å². The maximum absolute atomic E-state index is 11.7. The van der Waals surface area contributed by atoms with Crippen molar-refractivity contribution in [3.05, 3.63) is 5.82 Å². The Morgan fingerprint density at radius 1 is 1.42 bits per heavy atom. The SMILES string of the molecule is CNC(=O)NC(=O)[C@@H](C)Sc1nnc(C2CC2)n1C. The van der Waals surface area contributed by atoms with Crippen LogP contribution in [0.5, 0.6) is 0 Å². The molecule has 1 heterocycles. The molecule has 8 heteroatoms.